The minimum absolute atomic E-state index is 0.0131. The maximum absolute atomic E-state index is 13.7. The number of carbonyl (C=O) groups is 1. The van der Waals surface area contributed by atoms with E-state index in [2.05, 4.69) is 6.08 Å². The van der Waals surface area contributed by atoms with E-state index in [9.17, 15) is 10.1 Å². The lowest BCUT2D eigenvalue weighted by Gasteiger charge is -2.29. The maximum atomic E-state index is 13.7. The minimum Gasteiger partial charge on any atom is -0.497 e. The molecule has 1 fully saturated rings. The Balaban J connectivity index is 1.56. The summed E-state index contributed by atoms with van der Waals surface area (Å²) in [4.78, 5) is 13.7. The van der Waals surface area contributed by atoms with Crippen LogP contribution in [0.15, 0.2) is 87.6 Å². The Labute approximate surface area is 215 Å². The molecule has 1 aromatic heterocycles. The van der Waals surface area contributed by atoms with E-state index in [-0.39, 0.29) is 17.5 Å². The van der Waals surface area contributed by atoms with Crippen LogP contribution >= 0.6 is 0 Å². The second kappa shape index (κ2) is 10.6. The van der Waals surface area contributed by atoms with Crippen LogP contribution in [0.4, 0.5) is 0 Å². The fourth-order valence-electron chi connectivity index (χ4n) is 4.98. The van der Waals surface area contributed by atoms with Gasteiger partial charge < -0.3 is 13.9 Å². The SMILES string of the molecule is COc1ccc(C=C2CCCC3C2=NN(C(=O)C(C#N)=Cc2ccco2)C3c2ccc(OC)cc2)cc1. The van der Waals surface area contributed by atoms with Gasteiger partial charge in [-0.3, -0.25) is 4.79 Å². The van der Waals surface area contributed by atoms with Gasteiger partial charge in [0.15, 0.2) is 0 Å². The first-order valence-electron chi connectivity index (χ1n) is 12.2. The van der Waals surface area contributed by atoms with E-state index in [0.717, 1.165) is 53.2 Å². The predicted molar refractivity (Wildman–Crippen MR) is 141 cm³/mol. The molecule has 186 valence electrons. The van der Waals surface area contributed by atoms with E-state index in [4.69, 9.17) is 19.0 Å². The van der Waals surface area contributed by atoms with Crippen molar-refractivity contribution in [2.75, 3.05) is 14.2 Å². The molecule has 1 saturated carbocycles. The number of ether oxygens (including phenoxy) is 2. The smallest absolute Gasteiger partial charge is 0.285 e. The molecule has 1 aliphatic carbocycles. The molecule has 2 unspecified atom stereocenters. The summed E-state index contributed by atoms with van der Waals surface area (Å²) in [7, 11) is 3.27. The number of amides is 1. The quantitative estimate of drug-likeness (QED) is 0.309. The number of benzene rings is 2. The lowest BCUT2D eigenvalue weighted by molar-refractivity contribution is -0.129. The zero-order valence-corrected chi connectivity index (χ0v) is 20.8. The normalized spacial score (nSPS) is 20.2. The molecule has 2 aliphatic rings. The van der Waals surface area contributed by atoms with Crippen molar-refractivity contribution in [3.05, 3.63) is 95.0 Å². The van der Waals surface area contributed by atoms with Gasteiger partial charge in [-0.2, -0.15) is 10.4 Å². The van der Waals surface area contributed by atoms with Crippen molar-refractivity contribution in [2.24, 2.45) is 11.0 Å². The maximum Gasteiger partial charge on any atom is 0.285 e. The van der Waals surface area contributed by atoms with Crippen molar-refractivity contribution >= 4 is 23.8 Å². The average molecular weight is 494 g/mol. The fourth-order valence-corrected chi connectivity index (χ4v) is 4.98. The Kier molecular flexibility index (Phi) is 6.91. The zero-order valence-electron chi connectivity index (χ0n) is 20.8. The van der Waals surface area contributed by atoms with Crippen LogP contribution in [0.2, 0.25) is 0 Å². The van der Waals surface area contributed by atoms with Gasteiger partial charge >= 0.3 is 0 Å². The number of hydrogen-bond acceptors (Lipinski definition) is 6. The van der Waals surface area contributed by atoms with Gasteiger partial charge in [-0.1, -0.05) is 24.3 Å². The molecule has 7 nitrogen and oxygen atoms in total. The molecular weight excluding hydrogens is 466 g/mol. The van der Waals surface area contributed by atoms with Crippen molar-refractivity contribution in [3.8, 4) is 17.6 Å². The third-order valence-electron chi connectivity index (χ3n) is 6.80. The monoisotopic (exact) mass is 493 g/mol. The Morgan fingerprint density at radius 2 is 1.78 bits per heavy atom. The Hall–Kier alpha value is -4.57. The lowest BCUT2D eigenvalue weighted by atomic mass is 9.77. The van der Waals surface area contributed by atoms with E-state index in [1.54, 1.807) is 26.4 Å². The molecule has 3 aromatic rings. The van der Waals surface area contributed by atoms with Gasteiger partial charge in [-0.05, 0) is 78.4 Å². The van der Waals surface area contributed by atoms with E-state index in [0.29, 0.717) is 5.76 Å². The van der Waals surface area contributed by atoms with Gasteiger partial charge in [0.1, 0.15) is 28.9 Å². The first-order chi connectivity index (χ1) is 18.1. The highest BCUT2D eigenvalue weighted by Gasteiger charge is 2.44. The summed E-state index contributed by atoms with van der Waals surface area (Å²) in [6, 6.07) is 20.7. The van der Waals surface area contributed by atoms with Crippen LogP contribution in [-0.2, 0) is 4.79 Å². The van der Waals surface area contributed by atoms with Crippen LogP contribution in [0.25, 0.3) is 12.2 Å². The molecule has 0 spiro atoms. The van der Waals surface area contributed by atoms with E-state index in [1.807, 2.05) is 54.6 Å². The highest BCUT2D eigenvalue weighted by molar-refractivity contribution is 6.10. The zero-order chi connectivity index (χ0) is 25.8. The number of fused-ring (bicyclic) bond motifs is 1. The summed E-state index contributed by atoms with van der Waals surface area (Å²) in [6.45, 7) is 0. The number of rotatable bonds is 6. The third-order valence-corrected chi connectivity index (χ3v) is 6.80. The molecule has 2 aromatic carbocycles. The van der Waals surface area contributed by atoms with Crippen LogP contribution in [0.1, 0.15) is 42.2 Å². The Morgan fingerprint density at radius 1 is 1.08 bits per heavy atom. The number of carbonyl (C=O) groups excluding carboxylic acids is 1. The van der Waals surface area contributed by atoms with Crippen molar-refractivity contribution in [1.82, 2.24) is 5.01 Å². The van der Waals surface area contributed by atoms with Crippen LogP contribution in [-0.4, -0.2) is 30.8 Å². The standard InChI is InChI=1S/C30H27N3O4/c1-35-24-12-8-20(9-13-24)17-22-5-3-7-27-28(22)32-33(29(27)21-10-14-25(36-2)15-11-21)30(34)23(19-31)18-26-6-4-16-37-26/h4,6,8-18,27,29H,3,5,7H2,1-2H3. The molecule has 37 heavy (non-hydrogen) atoms. The van der Waals surface area contributed by atoms with E-state index >= 15 is 0 Å². The molecule has 0 radical (unpaired) electrons. The van der Waals surface area contributed by atoms with Gasteiger partial charge in [0, 0.05) is 12.0 Å². The second-order valence-electron chi connectivity index (χ2n) is 8.98. The predicted octanol–water partition coefficient (Wildman–Crippen LogP) is 6.03. The molecule has 7 heteroatoms. The number of hydrogen-bond donors (Lipinski definition) is 0. The number of allylic oxidation sites excluding steroid dienone is 1. The molecule has 5 rings (SSSR count). The van der Waals surface area contributed by atoms with Gasteiger partial charge in [-0.15, -0.1) is 0 Å². The Morgan fingerprint density at radius 3 is 2.41 bits per heavy atom. The van der Waals surface area contributed by atoms with Crippen molar-refractivity contribution in [2.45, 2.75) is 25.3 Å². The summed E-state index contributed by atoms with van der Waals surface area (Å²) in [5.41, 5.74) is 3.95. The molecule has 0 bridgehead atoms. The van der Waals surface area contributed by atoms with Crippen LogP contribution in [0.3, 0.4) is 0 Å². The fraction of sp³-hybridized carbons (Fsp3) is 0.233. The minimum atomic E-state index is -0.453. The van der Waals surface area contributed by atoms with Crippen LogP contribution < -0.4 is 9.47 Å². The summed E-state index contributed by atoms with van der Waals surface area (Å²) in [5.74, 6) is 1.53. The number of nitriles is 1. The van der Waals surface area contributed by atoms with Crippen molar-refractivity contribution in [3.63, 3.8) is 0 Å². The van der Waals surface area contributed by atoms with Gasteiger partial charge in [0.25, 0.3) is 5.91 Å². The van der Waals surface area contributed by atoms with Crippen LogP contribution in [0, 0.1) is 17.2 Å². The molecule has 0 N–H and O–H groups in total. The molecule has 2 atom stereocenters. The highest BCUT2D eigenvalue weighted by Crippen LogP contribution is 2.45. The first kappa shape index (κ1) is 24.1. The third kappa shape index (κ3) is 4.91. The summed E-state index contributed by atoms with van der Waals surface area (Å²) >= 11 is 0. The molecule has 1 amide bonds. The van der Waals surface area contributed by atoms with Crippen molar-refractivity contribution < 1.29 is 18.7 Å². The van der Waals surface area contributed by atoms with Crippen molar-refractivity contribution in [1.29, 1.82) is 5.26 Å². The van der Waals surface area contributed by atoms with E-state index < -0.39 is 5.91 Å². The molecule has 0 saturated heterocycles. The topological polar surface area (TPSA) is 88.1 Å². The Bertz CT molecular complexity index is 1390. The number of nitrogens with zero attached hydrogens (tertiary/aromatic N) is 3. The van der Waals surface area contributed by atoms with Gasteiger partial charge in [0.2, 0.25) is 0 Å². The summed E-state index contributed by atoms with van der Waals surface area (Å²) < 4.78 is 16.0. The lowest BCUT2D eigenvalue weighted by Crippen LogP contribution is -2.32. The first-order valence-corrected chi connectivity index (χ1v) is 12.2. The van der Waals surface area contributed by atoms with Crippen LogP contribution in [0.5, 0.6) is 11.5 Å². The van der Waals surface area contributed by atoms with Gasteiger partial charge in [-0.25, -0.2) is 5.01 Å². The summed E-state index contributed by atoms with van der Waals surface area (Å²) in [5, 5.41) is 16.2. The van der Waals surface area contributed by atoms with Gasteiger partial charge in [0.05, 0.1) is 32.2 Å². The highest BCUT2D eigenvalue weighted by atomic mass is 16.5. The molecule has 1 aliphatic heterocycles. The second-order valence-corrected chi connectivity index (χ2v) is 8.98. The van der Waals surface area contributed by atoms with E-state index in [1.165, 1.54) is 17.3 Å². The molecular formula is C30H27N3O4. The number of hydrazone groups is 1. The molecule has 2 heterocycles. The summed E-state index contributed by atoms with van der Waals surface area (Å²) in [6.07, 6.45) is 7.84. The largest absolute Gasteiger partial charge is 0.497 e. The average Bonchev–Trinajstić information content (AvgIpc) is 3.60. The number of furan rings is 1. The number of methoxy groups -OCH3 is 2.